The Balaban J connectivity index is 2.31. The van der Waals surface area contributed by atoms with Gasteiger partial charge in [-0.25, -0.2) is 8.78 Å². The molecule has 1 heterocycles. The highest BCUT2D eigenvalue weighted by Gasteiger charge is 2.18. The second-order valence-corrected chi connectivity index (χ2v) is 4.91. The van der Waals surface area contributed by atoms with Gasteiger partial charge in [-0.3, -0.25) is 4.79 Å². The zero-order valence-corrected chi connectivity index (χ0v) is 10.7. The topological polar surface area (TPSA) is 29.1 Å². The first kappa shape index (κ1) is 12.2. The lowest BCUT2D eigenvalue weighted by atomic mass is 10.2. The molecule has 1 N–H and O–H groups in total. The van der Waals surface area contributed by atoms with E-state index >= 15 is 0 Å². The van der Waals surface area contributed by atoms with Crippen molar-refractivity contribution in [2.45, 2.75) is 0 Å². The molecule has 17 heavy (non-hydrogen) atoms. The number of rotatable bonds is 2. The summed E-state index contributed by atoms with van der Waals surface area (Å²) < 4.78 is 27.2. The Labute approximate surface area is 108 Å². The number of halogens is 3. The van der Waals surface area contributed by atoms with E-state index in [9.17, 15) is 13.6 Å². The molecule has 0 aliphatic rings. The Hall–Kier alpha value is -1.27. The first-order valence-electron chi connectivity index (χ1n) is 4.56. The van der Waals surface area contributed by atoms with E-state index in [0.717, 1.165) is 12.1 Å². The fourth-order valence-corrected chi connectivity index (χ4v) is 2.28. The standard InChI is InChI=1S/C11H6BrF2NOS/c12-6-3-8(13)10(9(14)4-6)11(16)15-7-1-2-17-5-7/h1-5H,(H,15,16). The van der Waals surface area contributed by atoms with Gasteiger partial charge in [0.1, 0.15) is 17.2 Å². The average molecular weight is 318 g/mol. The van der Waals surface area contributed by atoms with Gasteiger partial charge in [0.05, 0.1) is 5.69 Å². The number of carbonyl (C=O) groups is 1. The van der Waals surface area contributed by atoms with E-state index in [1.165, 1.54) is 11.3 Å². The maximum Gasteiger partial charge on any atom is 0.261 e. The fraction of sp³-hybridized carbons (Fsp3) is 0. The van der Waals surface area contributed by atoms with Crippen molar-refractivity contribution in [2.24, 2.45) is 0 Å². The zero-order chi connectivity index (χ0) is 12.4. The van der Waals surface area contributed by atoms with Gasteiger partial charge in [-0.1, -0.05) is 15.9 Å². The van der Waals surface area contributed by atoms with E-state index < -0.39 is 23.1 Å². The van der Waals surface area contributed by atoms with E-state index in [-0.39, 0.29) is 4.47 Å². The predicted octanol–water partition coefficient (Wildman–Crippen LogP) is 4.04. The molecule has 2 rings (SSSR count). The molecule has 0 bridgehead atoms. The third kappa shape index (κ3) is 2.70. The largest absolute Gasteiger partial charge is 0.321 e. The van der Waals surface area contributed by atoms with Crippen LogP contribution in [0.15, 0.2) is 33.4 Å². The molecule has 0 atom stereocenters. The van der Waals surface area contributed by atoms with E-state index in [2.05, 4.69) is 21.2 Å². The second-order valence-electron chi connectivity index (χ2n) is 3.21. The van der Waals surface area contributed by atoms with Gasteiger partial charge in [0.25, 0.3) is 5.91 Å². The van der Waals surface area contributed by atoms with Crippen molar-refractivity contribution in [3.05, 3.63) is 50.6 Å². The normalized spacial score (nSPS) is 10.3. The Kier molecular flexibility index (Phi) is 3.54. The van der Waals surface area contributed by atoms with Crippen molar-refractivity contribution in [2.75, 3.05) is 5.32 Å². The van der Waals surface area contributed by atoms with E-state index in [1.807, 2.05) is 0 Å². The summed E-state index contributed by atoms with van der Waals surface area (Å²) in [5.41, 5.74) is -0.0684. The molecule has 88 valence electrons. The van der Waals surface area contributed by atoms with Gasteiger partial charge in [-0.05, 0) is 23.6 Å². The summed E-state index contributed by atoms with van der Waals surface area (Å²) in [6.07, 6.45) is 0. The molecule has 0 radical (unpaired) electrons. The van der Waals surface area contributed by atoms with E-state index in [0.29, 0.717) is 5.69 Å². The van der Waals surface area contributed by atoms with Gasteiger partial charge in [0, 0.05) is 9.85 Å². The second kappa shape index (κ2) is 4.93. The minimum Gasteiger partial charge on any atom is -0.321 e. The number of thiophene rings is 1. The average Bonchev–Trinajstić information content (AvgIpc) is 2.68. The minimum atomic E-state index is -0.899. The van der Waals surface area contributed by atoms with E-state index in [1.54, 1.807) is 16.8 Å². The molecule has 2 aromatic rings. The summed E-state index contributed by atoms with van der Waals surface area (Å²) in [6, 6.07) is 3.74. The molecular weight excluding hydrogens is 312 g/mol. The Morgan fingerprint density at radius 1 is 1.29 bits per heavy atom. The van der Waals surface area contributed by atoms with Crippen LogP contribution in [0.2, 0.25) is 0 Å². The van der Waals surface area contributed by atoms with Gasteiger partial charge in [0.15, 0.2) is 0 Å². The Morgan fingerprint density at radius 3 is 2.47 bits per heavy atom. The van der Waals surface area contributed by atoms with Crippen LogP contribution in [0.25, 0.3) is 0 Å². The lowest BCUT2D eigenvalue weighted by molar-refractivity contribution is 0.101. The SMILES string of the molecule is O=C(Nc1ccsc1)c1c(F)cc(Br)cc1F. The summed E-state index contributed by atoms with van der Waals surface area (Å²) in [7, 11) is 0. The van der Waals surface area contributed by atoms with Crippen LogP contribution >= 0.6 is 27.3 Å². The molecule has 1 aromatic carbocycles. The molecule has 0 fully saturated rings. The number of carbonyl (C=O) groups excluding carboxylic acids is 1. The number of hydrogen-bond acceptors (Lipinski definition) is 2. The first-order valence-corrected chi connectivity index (χ1v) is 6.29. The molecule has 6 heteroatoms. The third-order valence-corrected chi connectivity index (χ3v) is 3.15. The van der Waals surface area contributed by atoms with Crippen LogP contribution in [-0.4, -0.2) is 5.91 Å². The summed E-state index contributed by atoms with van der Waals surface area (Å²) in [5, 5.41) is 5.84. The predicted molar refractivity (Wildman–Crippen MR) is 66.3 cm³/mol. The first-order chi connectivity index (χ1) is 8.08. The third-order valence-electron chi connectivity index (χ3n) is 2.01. The Morgan fingerprint density at radius 2 is 1.94 bits per heavy atom. The van der Waals surface area contributed by atoms with Gasteiger partial charge < -0.3 is 5.32 Å². The molecule has 0 saturated carbocycles. The van der Waals surface area contributed by atoms with Gasteiger partial charge in [-0.2, -0.15) is 11.3 Å². The fourth-order valence-electron chi connectivity index (χ4n) is 1.29. The van der Waals surface area contributed by atoms with Crippen molar-refractivity contribution in [1.29, 1.82) is 0 Å². The van der Waals surface area contributed by atoms with Gasteiger partial charge >= 0.3 is 0 Å². The molecule has 1 aromatic heterocycles. The van der Waals surface area contributed by atoms with Gasteiger partial charge in [-0.15, -0.1) is 0 Å². The number of benzene rings is 1. The van der Waals surface area contributed by atoms with Crippen LogP contribution in [0.3, 0.4) is 0 Å². The van der Waals surface area contributed by atoms with Crippen LogP contribution in [0.5, 0.6) is 0 Å². The maximum absolute atomic E-state index is 13.5. The number of amides is 1. The van der Waals surface area contributed by atoms with Crippen molar-refractivity contribution in [3.63, 3.8) is 0 Å². The highest BCUT2D eigenvalue weighted by molar-refractivity contribution is 9.10. The molecular formula is C11H6BrF2NOS. The summed E-state index contributed by atoms with van der Waals surface area (Å²) in [6.45, 7) is 0. The van der Waals surface area contributed by atoms with Crippen molar-refractivity contribution < 1.29 is 13.6 Å². The highest BCUT2D eigenvalue weighted by atomic mass is 79.9. The van der Waals surface area contributed by atoms with Crippen LogP contribution in [0.1, 0.15) is 10.4 Å². The summed E-state index contributed by atoms with van der Waals surface area (Å²) in [5.74, 6) is -2.60. The van der Waals surface area contributed by atoms with Crippen LogP contribution in [-0.2, 0) is 0 Å². The maximum atomic E-state index is 13.5. The highest BCUT2D eigenvalue weighted by Crippen LogP contribution is 2.21. The van der Waals surface area contributed by atoms with Crippen LogP contribution < -0.4 is 5.32 Å². The van der Waals surface area contributed by atoms with E-state index in [4.69, 9.17) is 0 Å². The van der Waals surface area contributed by atoms with Crippen molar-refractivity contribution in [3.8, 4) is 0 Å². The van der Waals surface area contributed by atoms with Crippen molar-refractivity contribution >= 4 is 38.9 Å². The number of nitrogens with one attached hydrogen (secondary N) is 1. The molecule has 0 spiro atoms. The summed E-state index contributed by atoms with van der Waals surface area (Å²) >= 11 is 4.32. The minimum absolute atomic E-state index is 0.250. The lowest BCUT2D eigenvalue weighted by Gasteiger charge is -2.06. The lowest BCUT2D eigenvalue weighted by Crippen LogP contribution is -2.15. The molecule has 0 aliphatic carbocycles. The summed E-state index contributed by atoms with van der Waals surface area (Å²) in [4.78, 5) is 11.7. The van der Waals surface area contributed by atoms with Crippen LogP contribution in [0.4, 0.5) is 14.5 Å². The molecule has 0 aliphatic heterocycles. The van der Waals surface area contributed by atoms with Crippen LogP contribution in [0, 0.1) is 11.6 Å². The van der Waals surface area contributed by atoms with Gasteiger partial charge in [0.2, 0.25) is 0 Å². The molecule has 1 amide bonds. The smallest absolute Gasteiger partial charge is 0.261 e. The Bertz CT molecular complexity index is 534. The molecule has 0 unspecified atom stereocenters. The molecule has 0 saturated heterocycles. The monoisotopic (exact) mass is 317 g/mol. The molecule has 2 nitrogen and oxygen atoms in total. The van der Waals surface area contributed by atoms with Crippen molar-refractivity contribution in [1.82, 2.24) is 0 Å². The zero-order valence-electron chi connectivity index (χ0n) is 8.34. The number of anilines is 1. The quantitative estimate of drug-likeness (QED) is 0.889. The number of hydrogen-bond donors (Lipinski definition) is 1.